The van der Waals surface area contributed by atoms with E-state index in [0.717, 1.165) is 0 Å². The monoisotopic (exact) mass is 448 g/mol. The largest absolute Gasteiger partial charge is 1.00 e. The molecule has 1 rings (SSSR count). The predicted molar refractivity (Wildman–Crippen MR) is 116 cm³/mol. The summed E-state index contributed by atoms with van der Waals surface area (Å²) in [6.07, 6.45) is 1.23. The van der Waals surface area contributed by atoms with Crippen LogP contribution in [0.4, 0.5) is 4.79 Å². The van der Waals surface area contributed by atoms with Crippen LogP contribution >= 0.6 is 0 Å². The number of hydrogen-bond acceptors (Lipinski definition) is 7. The van der Waals surface area contributed by atoms with Crippen LogP contribution in [0.25, 0.3) is 0 Å². The summed E-state index contributed by atoms with van der Waals surface area (Å²) in [5, 5.41) is 15.2. The van der Waals surface area contributed by atoms with Gasteiger partial charge in [-0.2, -0.15) is 0 Å². The minimum Gasteiger partial charge on any atom is -0.550 e. The summed E-state index contributed by atoms with van der Waals surface area (Å²) < 4.78 is 10.9. The summed E-state index contributed by atoms with van der Waals surface area (Å²) >= 11 is 0. The molecule has 0 aliphatic carbocycles. The molecule has 8 nitrogen and oxygen atoms in total. The number of amides is 1. The van der Waals surface area contributed by atoms with Crippen LogP contribution in [0.3, 0.4) is 0 Å². The van der Waals surface area contributed by atoms with E-state index in [9.17, 15) is 19.5 Å². The predicted octanol–water partition coefficient (Wildman–Crippen LogP) is -0.506. The van der Waals surface area contributed by atoms with E-state index < -0.39 is 34.7 Å². The Labute approximate surface area is 205 Å². The first-order chi connectivity index (χ1) is 14.1. The van der Waals surface area contributed by atoms with Gasteiger partial charge in [0.15, 0.2) is 0 Å². The second-order valence-corrected chi connectivity index (χ2v) is 10.8. The van der Waals surface area contributed by atoms with Gasteiger partial charge in [0.1, 0.15) is 17.2 Å². The summed E-state index contributed by atoms with van der Waals surface area (Å²) in [6.45, 7) is 15.9. The van der Waals surface area contributed by atoms with E-state index in [-0.39, 0.29) is 30.7 Å². The van der Waals surface area contributed by atoms with E-state index in [1.165, 1.54) is 0 Å². The van der Waals surface area contributed by atoms with Gasteiger partial charge in [-0.3, -0.25) is 4.79 Å². The maximum Gasteiger partial charge on any atom is 1.00 e. The van der Waals surface area contributed by atoms with Gasteiger partial charge >= 0.3 is 30.9 Å². The number of ether oxygens (including phenoxy) is 2. The third kappa shape index (κ3) is 10.1. The van der Waals surface area contributed by atoms with Crippen LogP contribution in [-0.2, 0) is 19.1 Å². The molecular weight excluding hydrogens is 407 g/mol. The van der Waals surface area contributed by atoms with Crippen molar-refractivity contribution in [3.63, 3.8) is 0 Å². The SMILES string of the molecule is CC(C)[C@H](NCCCC1(C(=O)[O-])CCN(C(=O)OC(C)(C)C)CC1)C(=O)OC(C)(C)C.[Li+]. The molecule has 0 aromatic carbocycles. The van der Waals surface area contributed by atoms with Gasteiger partial charge < -0.3 is 29.6 Å². The molecule has 0 bridgehead atoms. The van der Waals surface area contributed by atoms with Gasteiger partial charge in [0, 0.05) is 24.5 Å². The number of rotatable bonds is 8. The van der Waals surface area contributed by atoms with Crippen LogP contribution in [0.2, 0.25) is 0 Å². The zero-order chi connectivity index (χ0) is 24.0. The van der Waals surface area contributed by atoms with Gasteiger partial charge in [0.25, 0.3) is 0 Å². The molecule has 0 aromatic rings. The average Bonchev–Trinajstić information content (AvgIpc) is 2.58. The van der Waals surface area contributed by atoms with Crippen molar-refractivity contribution >= 4 is 18.0 Å². The van der Waals surface area contributed by atoms with Crippen molar-refractivity contribution < 1.29 is 47.8 Å². The number of likely N-dealkylation sites (tertiary alicyclic amines) is 1. The van der Waals surface area contributed by atoms with E-state index in [4.69, 9.17) is 9.47 Å². The Morgan fingerprint density at radius 3 is 1.91 bits per heavy atom. The van der Waals surface area contributed by atoms with Crippen LogP contribution in [0, 0.1) is 11.3 Å². The Morgan fingerprint density at radius 2 is 1.50 bits per heavy atom. The fourth-order valence-electron chi connectivity index (χ4n) is 3.64. The molecule has 9 heteroatoms. The number of carboxylic acids is 1. The molecular formula is C23H41LiN2O6. The number of nitrogens with one attached hydrogen (secondary N) is 1. The average molecular weight is 449 g/mol. The van der Waals surface area contributed by atoms with Crippen LogP contribution in [0.5, 0.6) is 0 Å². The maximum absolute atomic E-state index is 12.4. The second-order valence-electron chi connectivity index (χ2n) is 10.8. The van der Waals surface area contributed by atoms with Gasteiger partial charge in [-0.1, -0.05) is 13.8 Å². The molecule has 1 amide bonds. The zero-order valence-corrected chi connectivity index (χ0v) is 21.5. The van der Waals surface area contributed by atoms with Crippen molar-refractivity contribution in [2.24, 2.45) is 11.3 Å². The van der Waals surface area contributed by atoms with Crippen LogP contribution in [0.1, 0.15) is 81.1 Å². The van der Waals surface area contributed by atoms with Crippen LogP contribution in [0.15, 0.2) is 0 Å². The maximum atomic E-state index is 12.4. The minimum absolute atomic E-state index is 0. The molecule has 0 unspecified atom stereocenters. The Bertz CT molecular complexity index is 631. The van der Waals surface area contributed by atoms with Gasteiger partial charge in [-0.05, 0) is 79.7 Å². The molecule has 1 saturated heterocycles. The standard InChI is InChI=1S/C23H42N2O6.Li/c1-16(2)17(18(26)30-21(3,4)5)24-13-9-10-23(19(27)28)11-14-25(15-12-23)20(29)31-22(6,7)8;/h16-17,24H,9-15H2,1-8H3,(H,27,28);/q;+1/p-1/t17-;/m0./s1. The molecule has 0 spiro atoms. The summed E-state index contributed by atoms with van der Waals surface area (Å²) in [5.41, 5.74) is -2.13. The van der Waals surface area contributed by atoms with Crippen molar-refractivity contribution in [2.45, 2.75) is 98.3 Å². The van der Waals surface area contributed by atoms with Crippen LogP contribution < -0.4 is 29.3 Å². The Hall–Kier alpha value is -1.23. The Morgan fingerprint density at radius 1 is 1.00 bits per heavy atom. The zero-order valence-electron chi connectivity index (χ0n) is 21.5. The van der Waals surface area contributed by atoms with Gasteiger partial charge in [-0.15, -0.1) is 0 Å². The molecule has 0 saturated carbocycles. The van der Waals surface area contributed by atoms with Crippen LogP contribution in [-0.4, -0.2) is 59.8 Å². The minimum atomic E-state index is -1.08. The summed E-state index contributed by atoms with van der Waals surface area (Å²) in [5.74, 6) is -1.34. The Kier molecular flexibility index (Phi) is 11.8. The number of nitrogens with zero attached hydrogens (tertiary/aromatic N) is 1. The molecule has 1 aliphatic heterocycles. The molecule has 1 atom stereocenters. The van der Waals surface area contributed by atoms with E-state index in [0.29, 0.717) is 45.3 Å². The number of esters is 1. The molecule has 0 radical (unpaired) electrons. The third-order valence-electron chi connectivity index (χ3n) is 5.33. The number of carboxylic acid groups (broad SMARTS) is 1. The van der Waals surface area contributed by atoms with E-state index in [1.807, 2.05) is 34.6 Å². The number of carbonyl (C=O) groups is 3. The molecule has 32 heavy (non-hydrogen) atoms. The topological polar surface area (TPSA) is 108 Å². The van der Waals surface area contributed by atoms with Gasteiger partial charge in [0.05, 0.1) is 0 Å². The number of piperidine rings is 1. The number of aliphatic carboxylic acids is 1. The molecule has 1 heterocycles. The first-order valence-electron chi connectivity index (χ1n) is 11.2. The smallest absolute Gasteiger partial charge is 0.550 e. The van der Waals surface area contributed by atoms with Gasteiger partial charge in [-0.25, -0.2) is 4.79 Å². The quantitative estimate of drug-likeness (QED) is 0.303. The molecule has 1 aliphatic rings. The molecule has 1 fully saturated rings. The summed E-state index contributed by atoms with van der Waals surface area (Å²) in [6, 6.07) is -0.452. The fraction of sp³-hybridized carbons (Fsp3) is 0.870. The summed E-state index contributed by atoms with van der Waals surface area (Å²) in [4.78, 5) is 38.2. The molecule has 180 valence electrons. The molecule has 1 N–H and O–H groups in total. The van der Waals surface area contributed by atoms with Crippen molar-refractivity contribution in [3.8, 4) is 0 Å². The van der Waals surface area contributed by atoms with Crippen molar-refractivity contribution in [2.75, 3.05) is 19.6 Å². The molecule has 0 aromatic heterocycles. The van der Waals surface area contributed by atoms with Crippen molar-refractivity contribution in [1.82, 2.24) is 10.2 Å². The van der Waals surface area contributed by atoms with E-state index >= 15 is 0 Å². The van der Waals surface area contributed by atoms with Crippen molar-refractivity contribution in [3.05, 3.63) is 0 Å². The second kappa shape index (κ2) is 12.3. The first-order valence-corrected chi connectivity index (χ1v) is 11.2. The third-order valence-corrected chi connectivity index (χ3v) is 5.33. The number of hydrogen-bond donors (Lipinski definition) is 1. The first kappa shape index (κ1) is 30.8. The fourth-order valence-corrected chi connectivity index (χ4v) is 3.64. The van der Waals surface area contributed by atoms with Crippen molar-refractivity contribution in [1.29, 1.82) is 0 Å². The Balaban J connectivity index is 0.00000961. The van der Waals surface area contributed by atoms with E-state index in [2.05, 4.69) is 5.32 Å². The number of carbonyl (C=O) groups excluding carboxylic acids is 3. The van der Waals surface area contributed by atoms with Gasteiger partial charge in [0.2, 0.25) is 0 Å². The normalized spacial score (nSPS) is 17.3. The summed E-state index contributed by atoms with van der Waals surface area (Å²) in [7, 11) is 0. The van der Waals surface area contributed by atoms with E-state index in [1.54, 1.807) is 25.7 Å².